The molecule has 2 aliphatic rings. The van der Waals surface area contributed by atoms with Gasteiger partial charge in [-0.25, -0.2) is 4.79 Å². The molecule has 2 aromatic rings. The average Bonchev–Trinajstić information content (AvgIpc) is 3.12. The Morgan fingerprint density at radius 1 is 1.06 bits per heavy atom. The van der Waals surface area contributed by atoms with Gasteiger partial charge >= 0.3 is 12.1 Å². The number of nitrogens with one attached hydrogen (secondary N) is 2. The number of hydrogen-bond donors (Lipinski definition) is 3. The predicted molar refractivity (Wildman–Crippen MR) is 128 cm³/mol. The van der Waals surface area contributed by atoms with Gasteiger partial charge in [0.05, 0.1) is 12.0 Å². The minimum Gasteiger partial charge on any atom is -0.481 e. The molecular weight excluding hydrogens is 432 g/mol. The Morgan fingerprint density at radius 3 is 2.21 bits per heavy atom. The average molecular weight is 465 g/mol. The summed E-state index contributed by atoms with van der Waals surface area (Å²) in [7, 11) is 0. The van der Waals surface area contributed by atoms with E-state index in [2.05, 4.69) is 34.9 Å². The molecule has 7 nitrogen and oxygen atoms in total. The van der Waals surface area contributed by atoms with Crippen molar-refractivity contribution in [2.24, 2.45) is 5.92 Å². The van der Waals surface area contributed by atoms with Crippen LogP contribution in [0.15, 0.2) is 48.5 Å². The lowest BCUT2D eigenvalue weighted by molar-refractivity contribution is -0.140. The van der Waals surface area contributed by atoms with Gasteiger partial charge in [0.2, 0.25) is 5.91 Å². The van der Waals surface area contributed by atoms with Crippen molar-refractivity contribution in [3.05, 3.63) is 59.7 Å². The fourth-order valence-electron chi connectivity index (χ4n) is 5.09. The lowest BCUT2D eigenvalue weighted by Crippen LogP contribution is -2.55. The van der Waals surface area contributed by atoms with Crippen LogP contribution in [0.1, 0.15) is 62.5 Å². The summed E-state index contributed by atoms with van der Waals surface area (Å²) in [5.74, 6) is -1.12. The zero-order chi connectivity index (χ0) is 24.1. The van der Waals surface area contributed by atoms with E-state index in [9.17, 15) is 14.4 Å². The highest BCUT2D eigenvalue weighted by atomic mass is 16.5. The fourth-order valence-corrected chi connectivity index (χ4v) is 5.09. The molecule has 1 saturated carbocycles. The lowest BCUT2D eigenvalue weighted by Gasteiger charge is -2.41. The highest BCUT2D eigenvalue weighted by molar-refractivity contribution is 5.80. The Hall–Kier alpha value is -3.35. The van der Waals surface area contributed by atoms with Gasteiger partial charge in [0.25, 0.3) is 0 Å². The first kappa shape index (κ1) is 23.8. The monoisotopic (exact) mass is 464 g/mol. The number of rotatable bonds is 10. The number of amides is 2. The van der Waals surface area contributed by atoms with Gasteiger partial charge in [-0.2, -0.15) is 0 Å². The van der Waals surface area contributed by atoms with E-state index in [1.807, 2.05) is 31.2 Å². The first-order valence-electron chi connectivity index (χ1n) is 12.0. The number of aliphatic carboxylic acids is 1. The van der Waals surface area contributed by atoms with Crippen molar-refractivity contribution in [3.8, 4) is 11.1 Å². The molecule has 1 fully saturated rings. The summed E-state index contributed by atoms with van der Waals surface area (Å²) >= 11 is 0. The standard InChI is InChI=1S/C27H32N2O5/c1-2-18(14-24(30)29-27(12-7-13-27)15-25(31)32)16-28-26(33)34-17-23-21-10-5-3-8-19(21)20-9-4-6-11-22(20)23/h3-6,8-11,18,23H,2,7,12-17H2,1H3,(H,28,33)(H,29,30)(H,31,32). The van der Waals surface area contributed by atoms with Gasteiger partial charge in [0.1, 0.15) is 6.61 Å². The number of fused-ring (bicyclic) bond motifs is 3. The van der Waals surface area contributed by atoms with Gasteiger partial charge < -0.3 is 20.5 Å². The van der Waals surface area contributed by atoms with Gasteiger partial charge in [-0.3, -0.25) is 9.59 Å². The van der Waals surface area contributed by atoms with Gasteiger partial charge in [0.15, 0.2) is 0 Å². The third-order valence-electron chi connectivity index (χ3n) is 7.14. The molecule has 0 saturated heterocycles. The van der Waals surface area contributed by atoms with Crippen LogP contribution in [0.3, 0.4) is 0 Å². The molecule has 1 unspecified atom stereocenters. The van der Waals surface area contributed by atoms with Crippen molar-refractivity contribution in [2.45, 2.75) is 56.9 Å². The number of ether oxygens (including phenoxy) is 1. The summed E-state index contributed by atoms with van der Waals surface area (Å²) in [4.78, 5) is 36.1. The summed E-state index contributed by atoms with van der Waals surface area (Å²) in [6, 6.07) is 16.4. The summed E-state index contributed by atoms with van der Waals surface area (Å²) < 4.78 is 5.57. The zero-order valence-electron chi connectivity index (χ0n) is 19.5. The van der Waals surface area contributed by atoms with Crippen LogP contribution in [-0.4, -0.2) is 41.8 Å². The molecule has 2 amide bonds. The molecule has 0 bridgehead atoms. The van der Waals surface area contributed by atoms with Gasteiger partial charge in [-0.05, 0) is 47.4 Å². The van der Waals surface area contributed by atoms with Crippen molar-refractivity contribution in [2.75, 3.05) is 13.2 Å². The third kappa shape index (κ3) is 5.24. The van der Waals surface area contributed by atoms with Crippen LogP contribution in [0, 0.1) is 5.92 Å². The highest BCUT2D eigenvalue weighted by Crippen LogP contribution is 2.44. The summed E-state index contributed by atoms with van der Waals surface area (Å²) in [6.45, 7) is 2.54. The van der Waals surface area contributed by atoms with Crippen molar-refractivity contribution in [1.82, 2.24) is 10.6 Å². The maximum atomic E-state index is 12.5. The maximum absolute atomic E-state index is 12.5. The van der Waals surface area contributed by atoms with Crippen LogP contribution in [0.5, 0.6) is 0 Å². The van der Waals surface area contributed by atoms with Crippen LogP contribution >= 0.6 is 0 Å². The molecule has 7 heteroatoms. The quantitative estimate of drug-likeness (QED) is 0.482. The lowest BCUT2D eigenvalue weighted by atomic mass is 9.74. The molecule has 0 radical (unpaired) electrons. The number of carboxylic acids is 1. The second kappa shape index (κ2) is 10.3. The van der Waals surface area contributed by atoms with E-state index >= 15 is 0 Å². The molecule has 180 valence electrons. The number of benzene rings is 2. The molecule has 4 rings (SSSR count). The predicted octanol–water partition coefficient (Wildman–Crippen LogP) is 4.46. The number of hydrogen-bond acceptors (Lipinski definition) is 4. The van der Waals surface area contributed by atoms with E-state index in [0.717, 1.165) is 17.5 Å². The first-order chi connectivity index (χ1) is 16.4. The van der Waals surface area contributed by atoms with Crippen LogP contribution in [0.2, 0.25) is 0 Å². The molecule has 1 atom stereocenters. The fraction of sp³-hybridized carbons (Fsp3) is 0.444. The van der Waals surface area contributed by atoms with Crippen molar-refractivity contribution in [1.29, 1.82) is 0 Å². The Labute approximate surface area is 199 Å². The summed E-state index contributed by atoms with van der Waals surface area (Å²) in [6.07, 6.45) is 2.72. The first-order valence-corrected chi connectivity index (χ1v) is 12.0. The Kier molecular flexibility index (Phi) is 7.20. The van der Waals surface area contributed by atoms with E-state index in [1.165, 1.54) is 11.1 Å². The van der Waals surface area contributed by atoms with Gasteiger partial charge in [-0.1, -0.05) is 61.9 Å². The zero-order valence-corrected chi connectivity index (χ0v) is 19.5. The third-order valence-corrected chi connectivity index (χ3v) is 7.14. The molecule has 0 heterocycles. The van der Waals surface area contributed by atoms with Crippen molar-refractivity contribution >= 4 is 18.0 Å². The number of alkyl carbamates (subject to hydrolysis) is 1. The highest BCUT2D eigenvalue weighted by Gasteiger charge is 2.40. The normalized spacial score (nSPS) is 16.5. The number of carbonyl (C=O) groups excluding carboxylic acids is 2. The van der Waals surface area contributed by atoms with E-state index < -0.39 is 17.6 Å². The Balaban J connectivity index is 1.26. The van der Waals surface area contributed by atoms with Gasteiger partial charge in [-0.15, -0.1) is 0 Å². The Bertz CT molecular complexity index is 1020. The molecule has 2 aromatic carbocycles. The largest absolute Gasteiger partial charge is 0.481 e. The molecule has 34 heavy (non-hydrogen) atoms. The number of carbonyl (C=O) groups is 3. The molecular formula is C27H32N2O5. The molecule has 2 aliphatic carbocycles. The number of carboxylic acid groups (broad SMARTS) is 1. The second-order valence-corrected chi connectivity index (χ2v) is 9.44. The second-order valence-electron chi connectivity index (χ2n) is 9.44. The maximum Gasteiger partial charge on any atom is 0.407 e. The van der Waals surface area contributed by atoms with E-state index in [-0.39, 0.29) is 37.2 Å². The SMILES string of the molecule is CCC(CNC(=O)OCC1c2ccccc2-c2ccccc21)CC(=O)NC1(CC(=O)O)CCC1. The molecule has 0 aliphatic heterocycles. The van der Waals surface area contributed by atoms with Crippen LogP contribution < -0.4 is 10.6 Å². The van der Waals surface area contributed by atoms with Crippen LogP contribution in [0.4, 0.5) is 4.79 Å². The van der Waals surface area contributed by atoms with Crippen LogP contribution in [-0.2, 0) is 14.3 Å². The van der Waals surface area contributed by atoms with E-state index in [0.29, 0.717) is 25.8 Å². The van der Waals surface area contributed by atoms with E-state index in [4.69, 9.17) is 9.84 Å². The summed E-state index contributed by atoms with van der Waals surface area (Å²) in [5, 5.41) is 14.9. The van der Waals surface area contributed by atoms with Crippen molar-refractivity contribution < 1.29 is 24.2 Å². The minimum absolute atomic E-state index is 0.00111. The smallest absolute Gasteiger partial charge is 0.407 e. The summed E-state index contributed by atoms with van der Waals surface area (Å²) in [5.41, 5.74) is 4.06. The van der Waals surface area contributed by atoms with Crippen molar-refractivity contribution in [3.63, 3.8) is 0 Å². The van der Waals surface area contributed by atoms with Crippen LogP contribution in [0.25, 0.3) is 11.1 Å². The van der Waals surface area contributed by atoms with E-state index in [1.54, 1.807) is 0 Å². The minimum atomic E-state index is -0.899. The molecule has 0 aromatic heterocycles. The topological polar surface area (TPSA) is 105 Å². The Morgan fingerprint density at radius 2 is 1.68 bits per heavy atom. The molecule has 0 spiro atoms. The van der Waals surface area contributed by atoms with Gasteiger partial charge in [0, 0.05) is 18.9 Å². The molecule has 3 N–H and O–H groups in total.